The molecule has 0 radical (unpaired) electrons. The van der Waals surface area contributed by atoms with E-state index in [2.05, 4.69) is 43.2 Å². The van der Waals surface area contributed by atoms with E-state index in [1.54, 1.807) is 6.92 Å². The van der Waals surface area contributed by atoms with Crippen LogP contribution in [0.4, 0.5) is 0 Å². The van der Waals surface area contributed by atoms with Gasteiger partial charge in [-0.1, -0.05) is 37.1 Å². The van der Waals surface area contributed by atoms with Gasteiger partial charge in [0, 0.05) is 6.92 Å². The highest BCUT2D eigenvalue weighted by Crippen LogP contribution is 2.22. The Balaban J connectivity index is 2.42. The van der Waals surface area contributed by atoms with Crippen molar-refractivity contribution < 1.29 is 4.74 Å². The van der Waals surface area contributed by atoms with Crippen LogP contribution in [0.25, 0.3) is 10.8 Å². The molecular weight excluding hydrogens is 196 g/mol. The van der Waals surface area contributed by atoms with Crippen molar-refractivity contribution in [3.63, 3.8) is 0 Å². The van der Waals surface area contributed by atoms with Crippen molar-refractivity contribution in [3.8, 4) is 17.8 Å². The lowest BCUT2D eigenvalue weighted by Gasteiger charge is -2.03. The summed E-state index contributed by atoms with van der Waals surface area (Å²) in [6.45, 7) is 3.92. The van der Waals surface area contributed by atoms with E-state index in [1.165, 1.54) is 16.3 Å². The lowest BCUT2D eigenvalue weighted by Crippen LogP contribution is -1.84. The molecule has 0 heterocycles. The quantitative estimate of drug-likeness (QED) is 0.686. The fourth-order valence-electron chi connectivity index (χ4n) is 1.67. The molecule has 0 spiro atoms. The third kappa shape index (κ3) is 2.17. The first-order valence-electron chi connectivity index (χ1n) is 5.44. The Labute approximate surface area is 96.1 Å². The second-order valence-electron chi connectivity index (χ2n) is 3.65. The summed E-state index contributed by atoms with van der Waals surface area (Å²) in [5.74, 6) is 3.51. The molecule has 0 aliphatic heterocycles. The molecule has 0 amide bonds. The molecule has 0 saturated heterocycles. The van der Waals surface area contributed by atoms with Crippen molar-refractivity contribution in [2.75, 3.05) is 0 Å². The Morgan fingerprint density at radius 1 is 1.06 bits per heavy atom. The minimum atomic E-state index is 0.797. The van der Waals surface area contributed by atoms with Gasteiger partial charge in [-0.15, -0.1) is 0 Å². The van der Waals surface area contributed by atoms with E-state index in [0.29, 0.717) is 0 Å². The standard InChI is InChI=1S/C15H14O/c1-3-9-16-15-8-7-13-10-12(4-2)5-6-14(13)11-15/h5-8,10-11H,4H2,1-2H3. The lowest BCUT2D eigenvalue weighted by atomic mass is 10.1. The monoisotopic (exact) mass is 210 g/mol. The molecule has 0 aliphatic rings. The highest BCUT2D eigenvalue weighted by molar-refractivity contribution is 5.84. The van der Waals surface area contributed by atoms with Gasteiger partial charge in [0.2, 0.25) is 0 Å². The maximum Gasteiger partial charge on any atom is 0.140 e. The molecule has 2 aromatic carbocycles. The van der Waals surface area contributed by atoms with E-state index in [4.69, 9.17) is 4.74 Å². The number of hydrogen-bond donors (Lipinski definition) is 0. The maximum atomic E-state index is 5.26. The molecule has 16 heavy (non-hydrogen) atoms. The minimum absolute atomic E-state index is 0.797. The van der Waals surface area contributed by atoms with Crippen LogP contribution in [-0.2, 0) is 6.42 Å². The van der Waals surface area contributed by atoms with Crippen LogP contribution in [0, 0.1) is 12.0 Å². The summed E-state index contributed by atoms with van der Waals surface area (Å²) >= 11 is 0. The first-order chi connectivity index (χ1) is 7.83. The van der Waals surface area contributed by atoms with Gasteiger partial charge >= 0.3 is 0 Å². The zero-order chi connectivity index (χ0) is 11.4. The first kappa shape index (κ1) is 10.6. The van der Waals surface area contributed by atoms with Crippen LogP contribution in [0.15, 0.2) is 36.4 Å². The van der Waals surface area contributed by atoms with Crippen LogP contribution >= 0.6 is 0 Å². The van der Waals surface area contributed by atoms with Gasteiger partial charge in [-0.3, -0.25) is 0 Å². The Kier molecular flexibility index (Phi) is 3.12. The van der Waals surface area contributed by atoms with E-state index in [1.807, 2.05) is 12.1 Å². The summed E-state index contributed by atoms with van der Waals surface area (Å²) in [6, 6.07) is 12.5. The van der Waals surface area contributed by atoms with Crippen LogP contribution in [0.5, 0.6) is 5.75 Å². The number of ether oxygens (including phenoxy) is 1. The normalized spacial score (nSPS) is 9.62. The Bertz CT molecular complexity index is 558. The smallest absolute Gasteiger partial charge is 0.140 e. The molecule has 0 unspecified atom stereocenters. The fraction of sp³-hybridized carbons (Fsp3) is 0.200. The van der Waals surface area contributed by atoms with Crippen molar-refractivity contribution in [1.29, 1.82) is 0 Å². The summed E-state index contributed by atoms with van der Waals surface area (Å²) in [7, 11) is 0. The zero-order valence-electron chi connectivity index (χ0n) is 9.58. The fourth-order valence-corrected chi connectivity index (χ4v) is 1.67. The van der Waals surface area contributed by atoms with Crippen LogP contribution in [-0.4, -0.2) is 0 Å². The number of hydrogen-bond acceptors (Lipinski definition) is 1. The van der Waals surface area contributed by atoms with Gasteiger partial charge < -0.3 is 4.74 Å². The van der Waals surface area contributed by atoms with Crippen molar-refractivity contribution in [1.82, 2.24) is 0 Å². The van der Waals surface area contributed by atoms with Gasteiger partial charge in [0.15, 0.2) is 0 Å². The summed E-state index contributed by atoms with van der Waals surface area (Å²) < 4.78 is 5.26. The van der Waals surface area contributed by atoms with E-state index < -0.39 is 0 Å². The van der Waals surface area contributed by atoms with Gasteiger partial charge in [0.05, 0.1) is 0 Å². The second-order valence-corrected chi connectivity index (χ2v) is 3.65. The summed E-state index contributed by atoms with van der Waals surface area (Å²) in [5.41, 5.74) is 1.36. The van der Waals surface area contributed by atoms with Crippen molar-refractivity contribution in [2.24, 2.45) is 0 Å². The Morgan fingerprint density at radius 2 is 1.81 bits per heavy atom. The van der Waals surface area contributed by atoms with Crippen molar-refractivity contribution in [3.05, 3.63) is 42.0 Å². The summed E-state index contributed by atoms with van der Waals surface area (Å²) in [6.07, 6.45) is 3.67. The van der Waals surface area contributed by atoms with E-state index in [9.17, 15) is 0 Å². The first-order valence-corrected chi connectivity index (χ1v) is 5.44. The van der Waals surface area contributed by atoms with Crippen molar-refractivity contribution >= 4 is 10.8 Å². The third-order valence-electron chi connectivity index (χ3n) is 2.56. The minimum Gasteiger partial charge on any atom is -0.408 e. The van der Waals surface area contributed by atoms with Gasteiger partial charge in [-0.25, -0.2) is 0 Å². The second kappa shape index (κ2) is 4.72. The molecule has 0 bridgehead atoms. The molecule has 80 valence electrons. The predicted molar refractivity (Wildman–Crippen MR) is 67.4 cm³/mol. The number of fused-ring (bicyclic) bond motifs is 1. The van der Waals surface area contributed by atoms with Gasteiger partial charge in [-0.2, -0.15) is 0 Å². The molecule has 0 fully saturated rings. The summed E-state index contributed by atoms with van der Waals surface area (Å²) in [5, 5.41) is 2.43. The molecule has 0 aliphatic carbocycles. The highest BCUT2D eigenvalue weighted by atomic mass is 16.5. The molecule has 0 atom stereocenters. The number of benzene rings is 2. The van der Waals surface area contributed by atoms with E-state index in [-0.39, 0.29) is 0 Å². The summed E-state index contributed by atoms with van der Waals surface area (Å²) in [4.78, 5) is 0. The number of aryl methyl sites for hydroxylation is 1. The molecule has 0 N–H and O–H groups in total. The van der Waals surface area contributed by atoms with Gasteiger partial charge in [0.1, 0.15) is 11.9 Å². The molecule has 0 aromatic heterocycles. The predicted octanol–water partition coefficient (Wildman–Crippen LogP) is 3.76. The third-order valence-corrected chi connectivity index (χ3v) is 2.56. The van der Waals surface area contributed by atoms with E-state index >= 15 is 0 Å². The molecule has 0 saturated carbocycles. The molecule has 2 aromatic rings. The molecule has 2 rings (SSSR count). The van der Waals surface area contributed by atoms with Crippen molar-refractivity contribution in [2.45, 2.75) is 20.3 Å². The largest absolute Gasteiger partial charge is 0.408 e. The van der Waals surface area contributed by atoms with E-state index in [0.717, 1.165) is 12.2 Å². The Hall–Kier alpha value is -1.94. The molecule has 1 heteroatoms. The average Bonchev–Trinajstić information content (AvgIpc) is 2.35. The Morgan fingerprint density at radius 3 is 2.56 bits per heavy atom. The average molecular weight is 210 g/mol. The van der Waals surface area contributed by atoms with Crippen LogP contribution in [0.1, 0.15) is 19.4 Å². The maximum absolute atomic E-state index is 5.26. The zero-order valence-corrected chi connectivity index (χ0v) is 9.58. The van der Waals surface area contributed by atoms with Crippen LogP contribution < -0.4 is 4.74 Å². The topological polar surface area (TPSA) is 9.23 Å². The van der Waals surface area contributed by atoms with Gasteiger partial charge in [0.25, 0.3) is 0 Å². The molecule has 1 nitrogen and oxygen atoms in total. The van der Waals surface area contributed by atoms with Crippen LogP contribution in [0.2, 0.25) is 0 Å². The lowest BCUT2D eigenvalue weighted by molar-refractivity contribution is 0.520. The van der Waals surface area contributed by atoms with Gasteiger partial charge in [-0.05, 0) is 34.9 Å². The SMILES string of the molecule is CC#COc1ccc2cc(CC)ccc2c1. The molecular formula is C15H14O. The van der Waals surface area contributed by atoms with Crippen LogP contribution in [0.3, 0.4) is 0 Å². The number of rotatable bonds is 2. The highest BCUT2D eigenvalue weighted by Gasteiger charge is 1.98.